The maximum atomic E-state index is 5.75. The molecule has 5 nitrogen and oxygen atoms in total. The van der Waals surface area contributed by atoms with Crippen molar-refractivity contribution in [3.05, 3.63) is 36.0 Å². The van der Waals surface area contributed by atoms with Crippen molar-refractivity contribution < 1.29 is 9.47 Å². The number of anilines is 1. The highest BCUT2D eigenvalue weighted by Crippen LogP contribution is 2.28. The van der Waals surface area contributed by atoms with Crippen molar-refractivity contribution in [1.29, 1.82) is 0 Å². The largest absolute Gasteiger partial charge is 0.493 e. The van der Waals surface area contributed by atoms with Crippen molar-refractivity contribution in [2.75, 3.05) is 19.0 Å². The van der Waals surface area contributed by atoms with E-state index >= 15 is 0 Å². The molecule has 1 heterocycles. The second-order valence-electron chi connectivity index (χ2n) is 5.42. The monoisotopic (exact) mass is 289 g/mol. The highest BCUT2D eigenvalue weighted by Gasteiger charge is 2.07. The van der Waals surface area contributed by atoms with Gasteiger partial charge in [0.15, 0.2) is 11.5 Å². The minimum Gasteiger partial charge on any atom is -0.493 e. The van der Waals surface area contributed by atoms with Gasteiger partial charge < -0.3 is 14.8 Å². The Labute approximate surface area is 125 Å². The lowest BCUT2D eigenvalue weighted by molar-refractivity contribution is 0.257. The third-order valence-electron chi connectivity index (χ3n) is 2.99. The Hall–Kier alpha value is -2.17. The maximum absolute atomic E-state index is 5.75. The number of nitrogens with one attached hydrogen (secondary N) is 1. The first-order valence-electron chi connectivity index (χ1n) is 7.11. The van der Waals surface area contributed by atoms with E-state index in [9.17, 15) is 0 Å². The summed E-state index contributed by atoms with van der Waals surface area (Å²) in [5.41, 5.74) is 1.12. The number of aromatic nitrogens is 2. The fourth-order valence-corrected chi connectivity index (χ4v) is 1.90. The molecule has 0 unspecified atom stereocenters. The van der Waals surface area contributed by atoms with Crippen LogP contribution in [0.15, 0.2) is 30.5 Å². The number of methoxy groups -OCH3 is 1. The summed E-state index contributed by atoms with van der Waals surface area (Å²) < 4.78 is 12.9. The average Bonchev–Trinajstić information content (AvgIpc) is 2.88. The van der Waals surface area contributed by atoms with Crippen LogP contribution < -0.4 is 14.8 Å². The number of rotatable bonds is 7. The number of benzene rings is 1. The van der Waals surface area contributed by atoms with Gasteiger partial charge in [0.25, 0.3) is 0 Å². The molecule has 0 aliphatic heterocycles. The van der Waals surface area contributed by atoms with Gasteiger partial charge in [-0.05, 0) is 23.6 Å². The van der Waals surface area contributed by atoms with Gasteiger partial charge in [-0.2, -0.15) is 5.10 Å². The summed E-state index contributed by atoms with van der Waals surface area (Å²) in [7, 11) is 3.56. The van der Waals surface area contributed by atoms with Crippen LogP contribution in [0.3, 0.4) is 0 Å². The zero-order valence-corrected chi connectivity index (χ0v) is 13.1. The highest BCUT2D eigenvalue weighted by molar-refractivity contribution is 5.44. The van der Waals surface area contributed by atoms with Crippen LogP contribution in [0.2, 0.25) is 0 Å². The van der Waals surface area contributed by atoms with Crippen molar-refractivity contribution in [3.8, 4) is 11.5 Å². The number of aryl methyl sites for hydroxylation is 1. The van der Waals surface area contributed by atoms with Gasteiger partial charge in [0, 0.05) is 25.9 Å². The van der Waals surface area contributed by atoms with E-state index < -0.39 is 0 Å². The highest BCUT2D eigenvalue weighted by atomic mass is 16.5. The molecule has 21 heavy (non-hydrogen) atoms. The molecule has 1 aromatic carbocycles. The summed E-state index contributed by atoms with van der Waals surface area (Å²) in [5, 5.41) is 7.56. The average molecular weight is 289 g/mol. The predicted octanol–water partition coefficient (Wildman–Crippen LogP) is 3.08. The van der Waals surface area contributed by atoms with Crippen molar-refractivity contribution in [2.45, 2.75) is 20.4 Å². The summed E-state index contributed by atoms with van der Waals surface area (Å²) >= 11 is 0. The van der Waals surface area contributed by atoms with Crippen LogP contribution in [-0.4, -0.2) is 23.5 Å². The van der Waals surface area contributed by atoms with E-state index in [-0.39, 0.29) is 0 Å². The molecule has 2 aromatic rings. The van der Waals surface area contributed by atoms with Gasteiger partial charge in [-0.15, -0.1) is 0 Å². The Kier molecular flexibility index (Phi) is 5.09. The van der Waals surface area contributed by atoms with Crippen molar-refractivity contribution in [1.82, 2.24) is 9.78 Å². The van der Waals surface area contributed by atoms with Crippen molar-refractivity contribution >= 4 is 5.82 Å². The van der Waals surface area contributed by atoms with Crippen LogP contribution in [0.5, 0.6) is 11.5 Å². The van der Waals surface area contributed by atoms with Gasteiger partial charge in [-0.25, -0.2) is 0 Å². The van der Waals surface area contributed by atoms with Gasteiger partial charge >= 0.3 is 0 Å². The summed E-state index contributed by atoms with van der Waals surface area (Å²) in [6, 6.07) is 7.92. The molecular formula is C16H23N3O2. The third kappa shape index (κ3) is 4.41. The molecule has 0 spiro atoms. The summed E-state index contributed by atoms with van der Waals surface area (Å²) in [5.74, 6) is 2.89. The van der Waals surface area contributed by atoms with Crippen LogP contribution >= 0.6 is 0 Å². The molecule has 1 aromatic heterocycles. The van der Waals surface area contributed by atoms with Gasteiger partial charge in [-0.3, -0.25) is 4.68 Å². The maximum Gasteiger partial charge on any atom is 0.161 e. The van der Waals surface area contributed by atoms with Crippen molar-refractivity contribution in [3.63, 3.8) is 0 Å². The normalized spacial score (nSPS) is 10.7. The first kappa shape index (κ1) is 15.2. The molecule has 5 heteroatoms. The molecule has 0 fully saturated rings. The first-order chi connectivity index (χ1) is 10.1. The number of nitrogens with zero attached hydrogens (tertiary/aromatic N) is 2. The van der Waals surface area contributed by atoms with E-state index in [4.69, 9.17) is 9.47 Å². The lowest BCUT2D eigenvalue weighted by Gasteiger charge is -2.13. The Balaban J connectivity index is 2.00. The number of hydrogen-bond donors (Lipinski definition) is 1. The molecular weight excluding hydrogens is 266 g/mol. The zero-order chi connectivity index (χ0) is 15.2. The van der Waals surface area contributed by atoms with Gasteiger partial charge in [0.2, 0.25) is 0 Å². The Morgan fingerprint density at radius 3 is 2.67 bits per heavy atom. The summed E-state index contributed by atoms with van der Waals surface area (Å²) in [6.07, 6.45) is 1.91. The van der Waals surface area contributed by atoms with E-state index in [0.29, 0.717) is 19.1 Å². The smallest absolute Gasteiger partial charge is 0.161 e. The molecule has 0 saturated carbocycles. The SMILES string of the molecule is COc1cc(CNc2ccn(C)n2)ccc1OCC(C)C. The van der Waals surface area contributed by atoms with Crippen LogP contribution in [-0.2, 0) is 13.6 Å². The van der Waals surface area contributed by atoms with Gasteiger partial charge in [0.05, 0.1) is 13.7 Å². The molecule has 0 bridgehead atoms. The van der Waals surface area contributed by atoms with Gasteiger partial charge in [-0.1, -0.05) is 19.9 Å². The Bertz CT molecular complexity index is 579. The lowest BCUT2D eigenvalue weighted by Crippen LogP contribution is -2.06. The predicted molar refractivity (Wildman–Crippen MR) is 83.9 cm³/mol. The summed E-state index contributed by atoms with van der Waals surface area (Å²) in [6.45, 7) is 5.62. The van der Waals surface area contributed by atoms with Crippen LogP contribution in [0.25, 0.3) is 0 Å². The summed E-state index contributed by atoms with van der Waals surface area (Å²) in [4.78, 5) is 0. The number of hydrogen-bond acceptors (Lipinski definition) is 4. The molecule has 0 amide bonds. The molecule has 0 aliphatic rings. The molecule has 1 N–H and O–H groups in total. The standard InChI is InChI=1S/C16H23N3O2/c1-12(2)11-21-14-6-5-13(9-15(14)20-4)10-17-16-7-8-19(3)18-16/h5-9,12H,10-11H2,1-4H3,(H,17,18). The van der Waals surface area contributed by atoms with Crippen LogP contribution in [0.1, 0.15) is 19.4 Å². The quantitative estimate of drug-likeness (QED) is 0.851. The van der Waals surface area contributed by atoms with Crippen LogP contribution in [0.4, 0.5) is 5.82 Å². The van der Waals surface area contributed by atoms with Gasteiger partial charge in [0.1, 0.15) is 5.82 Å². The molecule has 0 atom stereocenters. The zero-order valence-electron chi connectivity index (χ0n) is 13.1. The van der Waals surface area contributed by atoms with E-state index in [1.54, 1.807) is 11.8 Å². The fourth-order valence-electron chi connectivity index (χ4n) is 1.90. The Morgan fingerprint density at radius 2 is 2.05 bits per heavy atom. The number of ether oxygens (including phenoxy) is 2. The molecule has 2 rings (SSSR count). The topological polar surface area (TPSA) is 48.3 Å². The van der Waals surface area contributed by atoms with E-state index in [1.165, 1.54) is 0 Å². The minimum atomic E-state index is 0.486. The van der Waals surface area contributed by atoms with Crippen molar-refractivity contribution in [2.24, 2.45) is 13.0 Å². The molecule has 0 radical (unpaired) electrons. The van der Waals surface area contributed by atoms with E-state index in [0.717, 1.165) is 22.9 Å². The lowest BCUT2D eigenvalue weighted by atomic mass is 10.2. The Morgan fingerprint density at radius 1 is 1.24 bits per heavy atom. The second-order valence-corrected chi connectivity index (χ2v) is 5.42. The fraction of sp³-hybridized carbons (Fsp3) is 0.438. The molecule has 0 aliphatic carbocycles. The minimum absolute atomic E-state index is 0.486. The van der Waals surface area contributed by atoms with E-state index in [2.05, 4.69) is 24.3 Å². The first-order valence-corrected chi connectivity index (χ1v) is 7.11. The molecule has 114 valence electrons. The van der Waals surface area contributed by atoms with Crippen LogP contribution in [0, 0.1) is 5.92 Å². The van der Waals surface area contributed by atoms with E-state index in [1.807, 2.05) is 37.5 Å². The third-order valence-corrected chi connectivity index (χ3v) is 2.99. The second kappa shape index (κ2) is 7.02. The molecule has 0 saturated heterocycles.